The average Bonchev–Trinajstić information content (AvgIpc) is 2.40. The van der Waals surface area contributed by atoms with Crippen molar-refractivity contribution in [2.45, 2.75) is 6.10 Å². The van der Waals surface area contributed by atoms with Crippen LogP contribution >= 0.6 is 34.8 Å². The Bertz CT molecular complexity index is 555. The number of benzene rings is 2. The predicted octanol–water partition coefficient (Wildman–Crippen LogP) is 4.76. The molecule has 0 aromatic heterocycles. The molecule has 2 nitrogen and oxygen atoms in total. The molecule has 2 aromatic rings. The van der Waals surface area contributed by atoms with E-state index in [0.29, 0.717) is 26.4 Å². The van der Waals surface area contributed by atoms with Gasteiger partial charge >= 0.3 is 0 Å². The van der Waals surface area contributed by atoms with Crippen LogP contribution in [0.25, 0.3) is 0 Å². The molecule has 0 amide bonds. The maximum absolute atomic E-state index is 10.0. The summed E-state index contributed by atoms with van der Waals surface area (Å²) >= 11 is 17.6. The third-order valence-corrected chi connectivity index (χ3v) is 3.37. The molecular formula is C14H11Cl3O2. The van der Waals surface area contributed by atoms with E-state index in [4.69, 9.17) is 39.5 Å². The number of hydrogen-bond donors (Lipinski definition) is 1. The fourth-order valence-corrected chi connectivity index (χ4v) is 2.12. The maximum Gasteiger partial charge on any atom is 0.119 e. The van der Waals surface area contributed by atoms with Crippen LogP contribution in [0, 0.1) is 0 Å². The normalized spacial score (nSPS) is 12.2. The molecule has 0 radical (unpaired) electrons. The summed E-state index contributed by atoms with van der Waals surface area (Å²) in [5.41, 5.74) is 0.545. The molecule has 0 aliphatic heterocycles. The van der Waals surface area contributed by atoms with Crippen molar-refractivity contribution in [1.82, 2.24) is 0 Å². The van der Waals surface area contributed by atoms with Gasteiger partial charge in [-0.15, -0.1) is 0 Å². The molecule has 1 N–H and O–H groups in total. The van der Waals surface area contributed by atoms with Gasteiger partial charge in [-0.2, -0.15) is 0 Å². The van der Waals surface area contributed by atoms with E-state index in [1.165, 1.54) is 0 Å². The average molecular weight is 318 g/mol. The Hall–Kier alpha value is -0.930. The standard InChI is InChI=1S/C14H11Cl3O2/c15-9-1-4-11(5-2-9)19-8-14(18)12-7-10(16)3-6-13(12)17/h1-7,14,18H,8H2. The van der Waals surface area contributed by atoms with Crippen LogP contribution < -0.4 is 4.74 Å². The van der Waals surface area contributed by atoms with Crippen molar-refractivity contribution in [3.05, 3.63) is 63.1 Å². The molecule has 5 heteroatoms. The van der Waals surface area contributed by atoms with Gasteiger partial charge in [-0.05, 0) is 42.5 Å². The molecule has 0 saturated heterocycles. The lowest BCUT2D eigenvalue weighted by Gasteiger charge is -2.14. The van der Waals surface area contributed by atoms with Gasteiger partial charge in [0.15, 0.2) is 0 Å². The fourth-order valence-electron chi connectivity index (χ4n) is 1.57. The Labute approximate surface area is 126 Å². The summed E-state index contributed by atoms with van der Waals surface area (Å²) in [4.78, 5) is 0. The monoisotopic (exact) mass is 316 g/mol. The van der Waals surface area contributed by atoms with Crippen LogP contribution in [0.5, 0.6) is 5.75 Å². The van der Waals surface area contributed by atoms with Crippen LogP contribution in [0.3, 0.4) is 0 Å². The van der Waals surface area contributed by atoms with Crippen LogP contribution in [0.15, 0.2) is 42.5 Å². The molecule has 0 fully saturated rings. The van der Waals surface area contributed by atoms with Gasteiger partial charge in [0, 0.05) is 20.6 Å². The van der Waals surface area contributed by atoms with E-state index in [-0.39, 0.29) is 6.61 Å². The van der Waals surface area contributed by atoms with Gasteiger partial charge in [0.25, 0.3) is 0 Å². The molecule has 100 valence electrons. The highest BCUT2D eigenvalue weighted by atomic mass is 35.5. The number of halogens is 3. The zero-order chi connectivity index (χ0) is 13.8. The van der Waals surface area contributed by atoms with Gasteiger partial charge < -0.3 is 9.84 Å². The lowest BCUT2D eigenvalue weighted by atomic mass is 10.1. The highest BCUT2D eigenvalue weighted by molar-refractivity contribution is 6.33. The van der Waals surface area contributed by atoms with Crippen LogP contribution in [-0.4, -0.2) is 11.7 Å². The molecule has 2 rings (SSSR count). The first-order valence-corrected chi connectivity index (χ1v) is 6.71. The van der Waals surface area contributed by atoms with E-state index in [9.17, 15) is 5.11 Å². The van der Waals surface area contributed by atoms with Gasteiger partial charge in [-0.3, -0.25) is 0 Å². The highest BCUT2D eigenvalue weighted by Crippen LogP contribution is 2.27. The van der Waals surface area contributed by atoms with Gasteiger partial charge in [0.1, 0.15) is 18.5 Å². The van der Waals surface area contributed by atoms with E-state index in [1.54, 1.807) is 42.5 Å². The van der Waals surface area contributed by atoms with Gasteiger partial charge in [0.2, 0.25) is 0 Å². The second kappa shape index (κ2) is 6.49. The SMILES string of the molecule is OC(COc1ccc(Cl)cc1)c1cc(Cl)ccc1Cl. The molecule has 0 saturated carbocycles. The predicted molar refractivity (Wildman–Crippen MR) is 78.4 cm³/mol. The summed E-state index contributed by atoms with van der Waals surface area (Å²) < 4.78 is 5.46. The number of hydrogen-bond acceptors (Lipinski definition) is 2. The van der Waals surface area contributed by atoms with Crippen molar-refractivity contribution in [2.75, 3.05) is 6.61 Å². The van der Waals surface area contributed by atoms with Crippen molar-refractivity contribution in [1.29, 1.82) is 0 Å². The molecule has 1 atom stereocenters. The second-order valence-corrected chi connectivity index (χ2v) is 5.23. The van der Waals surface area contributed by atoms with E-state index < -0.39 is 6.10 Å². The van der Waals surface area contributed by atoms with E-state index in [2.05, 4.69) is 0 Å². The van der Waals surface area contributed by atoms with Gasteiger partial charge in [-0.1, -0.05) is 34.8 Å². The first-order chi connectivity index (χ1) is 9.06. The van der Waals surface area contributed by atoms with Crippen molar-refractivity contribution >= 4 is 34.8 Å². The maximum atomic E-state index is 10.0. The summed E-state index contributed by atoms with van der Waals surface area (Å²) in [7, 11) is 0. The topological polar surface area (TPSA) is 29.5 Å². The summed E-state index contributed by atoms with van der Waals surface area (Å²) in [5, 5.41) is 11.7. The van der Waals surface area contributed by atoms with Crippen LogP contribution in [0.2, 0.25) is 15.1 Å². The summed E-state index contributed by atoms with van der Waals surface area (Å²) in [5.74, 6) is 0.626. The van der Waals surface area contributed by atoms with E-state index in [0.717, 1.165) is 0 Å². The van der Waals surface area contributed by atoms with Crippen LogP contribution in [-0.2, 0) is 0 Å². The fraction of sp³-hybridized carbons (Fsp3) is 0.143. The molecule has 0 bridgehead atoms. The first kappa shape index (κ1) is 14.5. The number of rotatable bonds is 4. The molecule has 0 aliphatic rings. The smallest absolute Gasteiger partial charge is 0.119 e. The van der Waals surface area contributed by atoms with Crippen molar-refractivity contribution in [3.63, 3.8) is 0 Å². The molecular weight excluding hydrogens is 307 g/mol. The molecule has 0 heterocycles. The van der Waals surface area contributed by atoms with E-state index >= 15 is 0 Å². The van der Waals surface area contributed by atoms with Crippen molar-refractivity contribution in [3.8, 4) is 5.75 Å². The first-order valence-electron chi connectivity index (χ1n) is 5.57. The lowest BCUT2D eigenvalue weighted by molar-refractivity contribution is 0.108. The van der Waals surface area contributed by atoms with E-state index in [1.807, 2.05) is 0 Å². The quantitative estimate of drug-likeness (QED) is 0.881. The third-order valence-electron chi connectivity index (χ3n) is 2.54. The third kappa shape index (κ3) is 4.02. The minimum Gasteiger partial charge on any atom is -0.491 e. The van der Waals surface area contributed by atoms with Crippen molar-refractivity contribution < 1.29 is 9.84 Å². The Morgan fingerprint density at radius 1 is 0.947 bits per heavy atom. The zero-order valence-electron chi connectivity index (χ0n) is 9.82. The highest BCUT2D eigenvalue weighted by Gasteiger charge is 2.13. The molecule has 19 heavy (non-hydrogen) atoms. The lowest BCUT2D eigenvalue weighted by Crippen LogP contribution is -2.10. The molecule has 1 unspecified atom stereocenters. The molecule has 2 aromatic carbocycles. The number of aliphatic hydroxyl groups is 1. The second-order valence-electron chi connectivity index (χ2n) is 3.95. The minimum atomic E-state index is -0.845. The summed E-state index contributed by atoms with van der Waals surface area (Å²) in [6, 6.07) is 11.8. The molecule has 0 aliphatic carbocycles. The van der Waals surface area contributed by atoms with Crippen LogP contribution in [0.4, 0.5) is 0 Å². The van der Waals surface area contributed by atoms with Crippen LogP contribution in [0.1, 0.15) is 11.7 Å². The largest absolute Gasteiger partial charge is 0.491 e. The Morgan fingerprint density at radius 2 is 1.58 bits per heavy atom. The molecule has 0 spiro atoms. The number of ether oxygens (including phenoxy) is 1. The zero-order valence-corrected chi connectivity index (χ0v) is 12.1. The Kier molecular flexibility index (Phi) is 4.94. The van der Waals surface area contributed by atoms with Crippen molar-refractivity contribution in [2.24, 2.45) is 0 Å². The number of aliphatic hydroxyl groups excluding tert-OH is 1. The Morgan fingerprint density at radius 3 is 2.26 bits per heavy atom. The summed E-state index contributed by atoms with van der Waals surface area (Å²) in [6.45, 7) is 0.0850. The Balaban J connectivity index is 2.03. The van der Waals surface area contributed by atoms with Gasteiger partial charge in [-0.25, -0.2) is 0 Å². The van der Waals surface area contributed by atoms with Gasteiger partial charge in [0.05, 0.1) is 0 Å². The minimum absolute atomic E-state index is 0.0850. The summed E-state index contributed by atoms with van der Waals surface area (Å²) in [6.07, 6.45) is -0.845.